The Hall–Kier alpha value is -4.12. The summed E-state index contributed by atoms with van der Waals surface area (Å²) >= 11 is 0. The molecule has 0 unspecified atom stereocenters. The number of rotatable bonds is 7. The number of benzene rings is 1. The quantitative estimate of drug-likeness (QED) is 0.480. The highest BCUT2D eigenvalue weighted by atomic mass is 16.6. The van der Waals surface area contributed by atoms with Crippen molar-refractivity contribution >= 4 is 34.4 Å². The molecule has 186 valence electrons. The lowest BCUT2D eigenvalue weighted by molar-refractivity contribution is -0.118. The molecule has 3 aromatic rings. The number of cyclic esters (lactones) is 1. The van der Waals surface area contributed by atoms with Crippen LogP contribution in [-0.2, 0) is 9.53 Å². The van der Waals surface area contributed by atoms with Crippen LogP contribution in [-0.4, -0.2) is 68.0 Å². The highest BCUT2D eigenvalue weighted by Gasteiger charge is 2.33. The van der Waals surface area contributed by atoms with Crippen molar-refractivity contribution in [3.63, 3.8) is 0 Å². The number of fused-ring (bicyclic) bond motifs is 4. The topological polar surface area (TPSA) is 124 Å². The van der Waals surface area contributed by atoms with E-state index >= 15 is 0 Å². The maximum Gasteiger partial charge on any atom is 0.414 e. The number of hydrogen-bond donors (Lipinski definition) is 2. The normalized spacial score (nSPS) is 20.3. The molecule has 6 rings (SSSR count). The van der Waals surface area contributed by atoms with Gasteiger partial charge in [0.1, 0.15) is 23.1 Å². The van der Waals surface area contributed by atoms with Gasteiger partial charge in [0.05, 0.1) is 37.7 Å². The molecule has 36 heavy (non-hydrogen) atoms. The molecule has 1 aromatic carbocycles. The van der Waals surface area contributed by atoms with Crippen LogP contribution in [0.15, 0.2) is 36.5 Å². The third-order valence-corrected chi connectivity index (χ3v) is 6.57. The Morgan fingerprint density at radius 1 is 1.19 bits per heavy atom. The highest BCUT2D eigenvalue weighted by Crippen LogP contribution is 2.39. The van der Waals surface area contributed by atoms with Gasteiger partial charge in [-0.3, -0.25) is 14.7 Å². The van der Waals surface area contributed by atoms with Gasteiger partial charge in [0, 0.05) is 29.8 Å². The minimum absolute atomic E-state index is 0.0117. The van der Waals surface area contributed by atoms with Crippen molar-refractivity contribution in [2.75, 3.05) is 50.2 Å². The Morgan fingerprint density at radius 2 is 2.11 bits per heavy atom. The molecule has 11 heteroatoms. The summed E-state index contributed by atoms with van der Waals surface area (Å²) in [7, 11) is 1.59. The van der Waals surface area contributed by atoms with Crippen molar-refractivity contribution in [2.24, 2.45) is 0 Å². The molecular formula is C25H25N5O6. The van der Waals surface area contributed by atoms with Crippen molar-refractivity contribution in [3.05, 3.63) is 42.1 Å². The van der Waals surface area contributed by atoms with Crippen molar-refractivity contribution < 1.29 is 28.5 Å². The Bertz CT molecular complexity index is 1350. The molecule has 3 aliphatic rings. The van der Waals surface area contributed by atoms with Crippen LogP contribution < -0.4 is 29.7 Å². The van der Waals surface area contributed by atoms with Crippen LogP contribution in [0.2, 0.25) is 0 Å². The molecular weight excluding hydrogens is 466 g/mol. The first-order chi connectivity index (χ1) is 17.6. The number of ether oxygens (including phenoxy) is 4. The molecule has 2 aromatic heterocycles. The minimum atomic E-state index is -0.415. The fourth-order valence-electron chi connectivity index (χ4n) is 4.79. The molecule has 0 spiro atoms. The molecule has 2 N–H and O–H groups in total. The fourth-order valence-corrected chi connectivity index (χ4v) is 4.79. The molecule has 2 amide bonds. The number of nitrogens with zero attached hydrogens (tertiary/aromatic N) is 3. The first kappa shape index (κ1) is 22.4. The molecule has 1 saturated heterocycles. The molecule has 5 heterocycles. The zero-order chi connectivity index (χ0) is 24.6. The third-order valence-electron chi connectivity index (χ3n) is 6.57. The predicted octanol–water partition coefficient (Wildman–Crippen LogP) is 2.45. The van der Waals surface area contributed by atoms with E-state index in [0.29, 0.717) is 42.7 Å². The second-order valence-electron chi connectivity index (χ2n) is 8.89. The number of hydrogen-bond acceptors (Lipinski definition) is 9. The number of anilines is 2. The lowest BCUT2D eigenvalue weighted by Crippen LogP contribution is -2.32. The van der Waals surface area contributed by atoms with Gasteiger partial charge in [-0.1, -0.05) is 0 Å². The van der Waals surface area contributed by atoms with Crippen molar-refractivity contribution in [1.82, 2.24) is 15.3 Å². The Morgan fingerprint density at radius 3 is 3.00 bits per heavy atom. The van der Waals surface area contributed by atoms with Gasteiger partial charge in [-0.2, -0.15) is 0 Å². The van der Waals surface area contributed by atoms with Gasteiger partial charge in [0.2, 0.25) is 5.88 Å². The van der Waals surface area contributed by atoms with Crippen LogP contribution in [0.25, 0.3) is 11.0 Å². The van der Waals surface area contributed by atoms with Crippen LogP contribution in [0.3, 0.4) is 0 Å². The number of carbonyl (C=O) groups is 2. The van der Waals surface area contributed by atoms with Crippen LogP contribution >= 0.6 is 0 Å². The van der Waals surface area contributed by atoms with Crippen LogP contribution in [0.1, 0.15) is 17.9 Å². The summed E-state index contributed by atoms with van der Waals surface area (Å²) < 4.78 is 22.1. The first-order valence-corrected chi connectivity index (χ1v) is 11.8. The Kier molecular flexibility index (Phi) is 5.68. The first-order valence-electron chi connectivity index (χ1n) is 11.8. The van der Waals surface area contributed by atoms with Crippen LogP contribution in [0, 0.1) is 0 Å². The zero-order valence-electron chi connectivity index (χ0n) is 19.7. The number of nitrogens with one attached hydrogen (secondary N) is 2. The van der Waals surface area contributed by atoms with E-state index in [0.717, 1.165) is 35.3 Å². The van der Waals surface area contributed by atoms with E-state index in [4.69, 9.17) is 18.9 Å². The van der Waals surface area contributed by atoms with Crippen molar-refractivity contribution in [3.8, 4) is 17.4 Å². The van der Waals surface area contributed by atoms with Crippen LogP contribution in [0.5, 0.6) is 17.4 Å². The van der Waals surface area contributed by atoms with Gasteiger partial charge in [0.25, 0.3) is 5.91 Å². The number of pyridine rings is 2. The number of aromatic nitrogens is 2. The average molecular weight is 492 g/mol. The maximum absolute atomic E-state index is 12.5. The maximum atomic E-state index is 12.5. The largest absolute Gasteiger partial charge is 0.491 e. The standard InChI is InChI=1S/C25H25N5O6/c1-33-22-5-3-17-24(29-22)23-14(12-34-20(23)10-27-17)6-7-26-9-16-11-30(25(32)36-16)15-2-4-19-18(8-15)28-21(31)13-35-19/h2-5,8,10,14,16,26H,6-7,9,11-13H2,1H3,(H,28,31)/t14-,16-/m1/s1. The highest BCUT2D eigenvalue weighted by molar-refractivity contribution is 5.97. The van der Waals surface area contributed by atoms with Crippen LogP contribution in [0.4, 0.5) is 16.2 Å². The molecule has 0 saturated carbocycles. The van der Waals surface area contributed by atoms with E-state index in [1.807, 2.05) is 6.07 Å². The van der Waals surface area contributed by atoms with Gasteiger partial charge >= 0.3 is 6.09 Å². The average Bonchev–Trinajstić information content (AvgIpc) is 3.49. The summed E-state index contributed by atoms with van der Waals surface area (Å²) in [4.78, 5) is 34.7. The van der Waals surface area contributed by atoms with Gasteiger partial charge < -0.3 is 29.6 Å². The number of methoxy groups -OCH3 is 1. The van der Waals surface area contributed by atoms with Crippen molar-refractivity contribution in [2.45, 2.75) is 18.4 Å². The second kappa shape index (κ2) is 9.15. The molecule has 11 nitrogen and oxygen atoms in total. The van der Waals surface area contributed by atoms with E-state index in [9.17, 15) is 9.59 Å². The molecule has 1 fully saturated rings. The summed E-state index contributed by atoms with van der Waals surface area (Å²) in [6.45, 7) is 2.21. The van der Waals surface area contributed by atoms with E-state index in [1.165, 1.54) is 0 Å². The fraction of sp³-hybridized carbons (Fsp3) is 0.360. The summed E-state index contributed by atoms with van der Waals surface area (Å²) in [5.41, 5.74) is 3.87. The molecule has 0 aliphatic carbocycles. The SMILES string of the molecule is COc1ccc2ncc3c(c2n1)[C@H](CCNC[C@@H]1CN(c2ccc4c(c2)NC(=O)CO4)C(=O)O1)CO3. The van der Waals surface area contributed by atoms with Gasteiger partial charge in [-0.15, -0.1) is 0 Å². The molecule has 3 aliphatic heterocycles. The zero-order valence-corrected chi connectivity index (χ0v) is 19.7. The lowest BCUT2D eigenvalue weighted by atomic mass is 9.97. The number of carbonyl (C=O) groups excluding carboxylic acids is 2. The summed E-state index contributed by atoms with van der Waals surface area (Å²) in [6.07, 6.45) is 1.88. The van der Waals surface area contributed by atoms with E-state index < -0.39 is 6.09 Å². The molecule has 2 atom stereocenters. The molecule has 0 radical (unpaired) electrons. The van der Waals surface area contributed by atoms with Gasteiger partial charge in [0.15, 0.2) is 6.61 Å². The monoisotopic (exact) mass is 491 g/mol. The lowest BCUT2D eigenvalue weighted by Gasteiger charge is -2.20. The minimum Gasteiger partial charge on any atom is -0.491 e. The molecule has 0 bridgehead atoms. The van der Waals surface area contributed by atoms with E-state index in [1.54, 1.807) is 42.5 Å². The van der Waals surface area contributed by atoms with Crippen molar-refractivity contribution in [1.29, 1.82) is 0 Å². The van der Waals surface area contributed by atoms with Gasteiger partial charge in [-0.25, -0.2) is 9.78 Å². The summed E-state index contributed by atoms with van der Waals surface area (Å²) in [6, 6.07) is 8.96. The smallest absolute Gasteiger partial charge is 0.414 e. The number of amides is 2. The predicted molar refractivity (Wildman–Crippen MR) is 130 cm³/mol. The second-order valence-corrected chi connectivity index (χ2v) is 8.89. The summed E-state index contributed by atoms with van der Waals surface area (Å²) in [5.74, 6) is 1.84. The summed E-state index contributed by atoms with van der Waals surface area (Å²) in [5, 5.41) is 6.17. The van der Waals surface area contributed by atoms with E-state index in [-0.39, 0.29) is 24.5 Å². The van der Waals surface area contributed by atoms with Gasteiger partial charge in [-0.05, 0) is 37.2 Å². The Labute approximate surface area is 206 Å². The van der Waals surface area contributed by atoms with E-state index in [2.05, 4.69) is 20.6 Å². The third kappa shape index (κ3) is 4.11. The Balaban J connectivity index is 1.05.